The summed E-state index contributed by atoms with van der Waals surface area (Å²) in [7, 11) is 0. The first kappa shape index (κ1) is 14.5. The molecule has 0 saturated carbocycles. The summed E-state index contributed by atoms with van der Waals surface area (Å²) in [6.07, 6.45) is 2.72. The van der Waals surface area contributed by atoms with Crippen LogP contribution in [-0.4, -0.2) is 36.1 Å². The van der Waals surface area contributed by atoms with E-state index in [1.807, 2.05) is 13.8 Å². The molecule has 0 aliphatic heterocycles. The van der Waals surface area contributed by atoms with Crippen molar-refractivity contribution >= 4 is 17.0 Å². The third kappa shape index (κ3) is 4.30. The van der Waals surface area contributed by atoms with E-state index in [4.69, 9.17) is 4.84 Å². The fourth-order valence-electron chi connectivity index (χ4n) is 2.07. The van der Waals surface area contributed by atoms with Crippen LogP contribution < -0.4 is 5.32 Å². The molecule has 0 fully saturated rings. The van der Waals surface area contributed by atoms with Gasteiger partial charge in [0.05, 0.1) is 5.71 Å². The second-order valence-electron chi connectivity index (χ2n) is 5.16. The Kier molecular flexibility index (Phi) is 5.36. The van der Waals surface area contributed by atoms with Crippen molar-refractivity contribution in [1.82, 2.24) is 5.32 Å². The number of hydrogen-bond acceptors (Lipinski definition) is 5. The molecule has 2 N–H and O–H groups in total. The molecular weight excluding hydrogens is 260 g/mol. The number of aliphatic hydroxyl groups excluding tert-OH is 1. The Bertz CT molecular complexity index is 429. The average Bonchev–Trinajstić information content (AvgIpc) is 2.85. The highest BCUT2D eigenvalue weighted by Gasteiger charge is 2.17. The van der Waals surface area contributed by atoms with Crippen LogP contribution in [0.2, 0.25) is 0 Å². The zero-order valence-corrected chi connectivity index (χ0v) is 12.4. The predicted molar refractivity (Wildman–Crippen MR) is 78.9 cm³/mol. The van der Waals surface area contributed by atoms with Gasteiger partial charge in [-0.1, -0.05) is 19.0 Å². The van der Waals surface area contributed by atoms with Gasteiger partial charge in [-0.05, 0) is 30.7 Å². The monoisotopic (exact) mass is 282 g/mol. The lowest BCUT2D eigenvalue weighted by Crippen LogP contribution is -2.34. The van der Waals surface area contributed by atoms with Crippen LogP contribution in [0.5, 0.6) is 0 Å². The number of oxime groups is 1. The molecule has 0 saturated heterocycles. The fraction of sp³-hybridized carbons (Fsp3) is 0.643. The van der Waals surface area contributed by atoms with Crippen molar-refractivity contribution in [2.75, 3.05) is 13.2 Å². The summed E-state index contributed by atoms with van der Waals surface area (Å²) in [5, 5.41) is 19.2. The van der Waals surface area contributed by atoms with Gasteiger partial charge < -0.3 is 15.3 Å². The molecule has 1 unspecified atom stereocenters. The number of aliphatic hydroxyl groups is 1. The van der Waals surface area contributed by atoms with Crippen molar-refractivity contribution < 1.29 is 9.94 Å². The summed E-state index contributed by atoms with van der Waals surface area (Å²) in [5.74, 6) is 0. The maximum Gasteiger partial charge on any atom is 0.144 e. The minimum Gasteiger partial charge on any atom is -0.393 e. The normalized spacial score (nSPS) is 18.6. The topological polar surface area (TPSA) is 53.8 Å². The standard InChI is InChI=1S/C14H22N2O2S/c1-10(2)15-8-11(17)9-18-16-13-4-3-5-14-12(13)6-7-19-14/h6-7,10-11,15,17H,3-5,8-9H2,1-2H3/b16-13+. The van der Waals surface area contributed by atoms with E-state index in [-0.39, 0.29) is 6.61 Å². The van der Waals surface area contributed by atoms with Crippen LogP contribution in [0.3, 0.4) is 0 Å². The number of hydrogen-bond donors (Lipinski definition) is 2. The molecule has 2 rings (SSSR count). The van der Waals surface area contributed by atoms with Gasteiger partial charge in [0, 0.05) is 23.0 Å². The number of aryl methyl sites for hydroxylation is 1. The van der Waals surface area contributed by atoms with E-state index in [9.17, 15) is 5.11 Å². The van der Waals surface area contributed by atoms with E-state index in [0.29, 0.717) is 12.6 Å². The van der Waals surface area contributed by atoms with Crippen molar-refractivity contribution in [3.63, 3.8) is 0 Å². The molecule has 4 nitrogen and oxygen atoms in total. The number of thiophene rings is 1. The molecular formula is C14H22N2O2S. The summed E-state index contributed by atoms with van der Waals surface area (Å²) in [4.78, 5) is 6.69. The van der Waals surface area contributed by atoms with Crippen LogP contribution in [0, 0.1) is 0 Å². The minimum absolute atomic E-state index is 0.239. The summed E-state index contributed by atoms with van der Waals surface area (Å²) in [6, 6.07) is 2.48. The summed E-state index contributed by atoms with van der Waals surface area (Å²) in [5.41, 5.74) is 2.25. The number of fused-ring (bicyclic) bond motifs is 1. The van der Waals surface area contributed by atoms with Crippen molar-refractivity contribution in [2.24, 2.45) is 5.16 Å². The third-order valence-corrected chi connectivity index (χ3v) is 4.06. The van der Waals surface area contributed by atoms with E-state index in [1.54, 1.807) is 11.3 Å². The van der Waals surface area contributed by atoms with Gasteiger partial charge in [-0.25, -0.2) is 0 Å². The Morgan fingerprint density at radius 1 is 1.47 bits per heavy atom. The molecule has 0 radical (unpaired) electrons. The van der Waals surface area contributed by atoms with Crippen molar-refractivity contribution in [3.8, 4) is 0 Å². The van der Waals surface area contributed by atoms with Crippen molar-refractivity contribution in [3.05, 3.63) is 21.9 Å². The molecule has 1 atom stereocenters. The first-order valence-corrected chi connectivity index (χ1v) is 7.72. The molecule has 1 aliphatic carbocycles. The second-order valence-corrected chi connectivity index (χ2v) is 6.16. The van der Waals surface area contributed by atoms with Gasteiger partial charge in [-0.2, -0.15) is 0 Å². The number of rotatable bonds is 6. The van der Waals surface area contributed by atoms with Gasteiger partial charge in [-0.15, -0.1) is 11.3 Å². The summed E-state index contributed by atoms with van der Waals surface area (Å²) < 4.78 is 0. The van der Waals surface area contributed by atoms with Crippen LogP contribution in [0.1, 0.15) is 37.1 Å². The Labute approximate surface area is 118 Å². The van der Waals surface area contributed by atoms with Crippen LogP contribution in [0.4, 0.5) is 0 Å². The highest BCUT2D eigenvalue weighted by molar-refractivity contribution is 7.10. The zero-order valence-electron chi connectivity index (χ0n) is 11.6. The lowest BCUT2D eigenvalue weighted by atomic mass is 9.97. The SMILES string of the molecule is CC(C)NCC(O)CO/N=C1\CCCc2sccc21. The largest absolute Gasteiger partial charge is 0.393 e. The Balaban J connectivity index is 1.81. The van der Waals surface area contributed by atoms with E-state index < -0.39 is 6.10 Å². The first-order valence-electron chi connectivity index (χ1n) is 6.84. The van der Waals surface area contributed by atoms with Crippen molar-refractivity contribution in [1.29, 1.82) is 0 Å². The van der Waals surface area contributed by atoms with Crippen LogP contribution in [-0.2, 0) is 11.3 Å². The van der Waals surface area contributed by atoms with E-state index in [2.05, 4.69) is 21.9 Å². The summed E-state index contributed by atoms with van der Waals surface area (Å²) in [6.45, 7) is 4.87. The highest BCUT2D eigenvalue weighted by atomic mass is 32.1. The van der Waals surface area contributed by atoms with Gasteiger partial charge >= 0.3 is 0 Å². The lowest BCUT2D eigenvalue weighted by molar-refractivity contribution is 0.0392. The molecule has 0 bridgehead atoms. The molecule has 1 aliphatic rings. The van der Waals surface area contributed by atoms with Gasteiger partial charge in [0.25, 0.3) is 0 Å². The summed E-state index contributed by atoms with van der Waals surface area (Å²) >= 11 is 1.78. The molecule has 1 heterocycles. The van der Waals surface area contributed by atoms with Gasteiger partial charge in [0.1, 0.15) is 12.7 Å². The molecule has 106 valence electrons. The number of nitrogens with one attached hydrogen (secondary N) is 1. The molecule has 0 spiro atoms. The second kappa shape index (κ2) is 7.03. The van der Waals surface area contributed by atoms with Gasteiger partial charge in [0.15, 0.2) is 0 Å². The van der Waals surface area contributed by atoms with E-state index in [0.717, 1.165) is 25.0 Å². The first-order chi connectivity index (χ1) is 9.16. The smallest absolute Gasteiger partial charge is 0.144 e. The van der Waals surface area contributed by atoms with Gasteiger partial charge in [-0.3, -0.25) is 0 Å². The van der Waals surface area contributed by atoms with E-state index in [1.165, 1.54) is 10.4 Å². The average molecular weight is 282 g/mol. The van der Waals surface area contributed by atoms with Crippen LogP contribution in [0.25, 0.3) is 0 Å². The molecule has 1 aromatic rings. The Hall–Kier alpha value is -0.910. The predicted octanol–water partition coefficient (Wildman–Crippen LogP) is 2.16. The lowest BCUT2D eigenvalue weighted by Gasteiger charge is -2.15. The Morgan fingerprint density at radius 2 is 2.32 bits per heavy atom. The molecule has 1 aromatic heterocycles. The molecule has 5 heteroatoms. The third-order valence-electron chi connectivity index (χ3n) is 3.08. The quantitative estimate of drug-likeness (QED) is 0.786. The Morgan fingerprint density at radius 3 is 3.11 bits per heavy atom. The van der Waals surface area contributed by atoms with Gasteiger partial charge in [0.2, 0.25) is 0 Å². The maximum atomic E-state index is 9.73. The molecule has 19 heavy (non-hydrogen) atoms. The maximum absolute atomic E-state index is 9.73. The van der Waals surface area contributed by atoms with Crippen LogP contribution in [0.15, 0.2) is 16.6 Å². The van der Waals surface area contributed by atoms with Crippen molar-refractivity contribution in [2.45, 2.75) is 45.3 Å². The highest BCUT2D eigenvalue weighted by Crippen LogP contribution is 2.26. The van der Waals surface area contributed by atoms with E-state index >= 15 is 0 Å². The molecule has 0 amide bonds. The number of nitrogens with zero attached hydrogens (tertiary/aromatic N) is 1. The molecule has 0 aromatic carbocycles. The van der Waals surface area contributed by atoms with Crippen LogP contribution >= 0.6 is 11.3 Å². The minimum atomic E-state index is -0.516. The zero-order chi connectivity index (χ0) is 13.7. The fourth-order valence-corrected chi connectivity index (χ4v) is 3.01.